The number of carbonyl (C=O) groups excluding carboxylic acids is 1. The Labute approximate surface area is 129 Å². The third kappa shape index (κ3) is 3.23. The number of carbonyl (C=O) groups is 1. The van der Waals surface area contributed by atoms with Gasteiger partial charge < -0.3 is 10.1 Å². The third-order valence-electron chi connectivity index (χ3n) is 4.20. The molecule has 1 amide bonds. The van der Waals surface area contributed by atoms with Crippen molar-refractivity contribution in [1.82, 2.24) is 5.32 Å². The maximum Gasteiger partial charge on any atom is 0.249 e. The largest absolute Gasteiger partial charge is 0.368 e. The smallest absolute Gasteiger partial charge is 0.249 e. The molecule has 4 heteroatoms. The predicted molar refractivity (Wildman–Crippen MR) is 83.4 cm³/mol. The average Bonchev–Trinajstić information content (AvgIpc) is 2.93. The quantitative estimate of drug-likeness (QED) is 0.909. The molecule has 110 valence electrons. The van der Waals surface area contributed by atoms with Crippen molar-refractivity contribution in [2.45, 2.75) is 45.3 Å². The first-order chi connectivity index (χ1) is 9.43. The summed E-state index contributed by atoms with van der Waals surface area (Å²) in [6.07, 6.45) is 1.50. The Morgan fingerprint density at radius 2 is 2.05 bits per heavy atom. The molecule has 1 aromatic rings. The number of ether oxygens (including phenoxy) is 1. The van der Waals surface area contributed by atoms with Crippen molar-refractivity contribution >= 4 is 21.8 Å². The lowest BCUT2D eigenvalue weighted by atomic mass is 9.81. The fourth-order valence-electron chi connectivity index (χ4n) is 2.47. The molecule has 1 saturated heterocycles. The maximum atomic E-state index is 12.4. The van der Waals surface area contributed by atoms with Crippen molar-refractivity contribution in [3.8, 4) is 0 Å². The molecule has 0 aliphatic carbocycles. The minimum Gasteiger partial charge on any atom is -0.368 e. The summed E-state index contributed by atoms with van der Waals surface area (Å²) in [7, 11) is 0. The third-order valence-corrected chi connectivity index (χ3v) is 4.73. The van der Waals surface area contributed by atoms with Gasteiger partial charge in [-0.05, 0) is 43.4 Å². The Bertz CT molecular complexity index is 466. The zero-order valence-corrected chi connectivity index (χ0v) is 13.9. The van der Waals surface area contributed by atoms with Crippen LogP contribution in [-0.2, 0) is 15.1 Å². The normalized spacial score (nSPS) is 21.8. The van der Waals surface area contributed by atoms with Gasteiger partial charge >= 0.3 is 0 Å². The number of hydrogen-bond donors (Lipinski definition) is 1. The molecule has 1 fully saturated rings. The molecule has 0 saturated carbocycles. The molecule has 0 bridgehead atoms. The van der Waals surface area contributed by atoms with Crippen molar-refractivity contribution in [2.75, 3.05) is 6.61 Å². The van der Waals surface area contributed by atoms with Crippen LogP contribution in [0.4, 0.5) is 0 Å². The Morgan fingerprint density at radius 1 is 1.40 bits per heavy atom. The minimum absolute atomic E-state index is 0.00150. The van der Waals surface area contributed by atoms with E-state index in [9.17, 15) is 4.79 Å². The molecule has 1 heterocycles. The van der Waals surface area contributed by atoms with Crippen LogP contribution in [0.1, 0.15) is 39.2 Å². The van der Waals surface area contributed by atoms with E-state index in [1.165, 1.54) is 0 Å². The summed E-state index contributed by atoms with van der Waals surface area (Å²) in [4.78, 5) is 12.4. The molecule has 1 aliphatic heterocycles. The first-order valence-corrected chi connectivity index (χ1v) is 7.92. The fourth-order valence-corrected chi connectivity index (χ4v) is 2.73. The average molecular weight is 340 g/mol. The van der Waals surface area contributed by atoms with Gasteiger partial charge in [-0.1, -0.05) is 41.9 Å². The van der Waals surface area contributed by atoms with Gasteiger partial charge in [-0.25, -0.2) is 0 Å². The second-order valence-corrected chi connectivity index (χ2v) is 6.77. The molecule has 2 atom stereocenters. The van der Waals surface area contributed by atoms with Gasteiger partial charge in [0.2, 0.25) is 5.91 Å². The summed E-state index contributed by atoms with van der Waals surface area (Å²) >= 11 is 3.45. The van der Waals surface area contributed by atoms with Gasteiger partial charge in [0.15, 0.2) is 0 Å². The molecular weight excluding hydrogens is 318 g/mol. The van der Waals surface area contributed by atoms with Gasteiger partial charge in [-0.2, -0.15) is 0 Å². The molecule has 3 nitrogen and oxygen atoms in total. The van der Waals surface area contributed by atoms with E-state index in [0.29, 0.717) is 6.61 Å². The first-order valence-electron chi connectivity index (χ1n) is 7.13. The highest BCUT2D eigenvalue weighted by molar-refractivity contribution is 9.10. The predicted octanol–water partition coefficient (Wildman–Crippen LogP) is 3.62. The Kier molecular flexibility index (Phi) is 4.86. The van der Waals surface area contributed by atoms with Crippen molar-refractivity contribution in [3.05, 3.63) is 34.3 Å². The lowest BCUT2D eigenvalue weighted by Crippen LogP contribution is -2.50. The standard InChI is InChI=1S/C16H22BrNO2/c1-11(2)16(3,12-6-8-13(17)9-7-12)18-15(19)14-5-4-10-20-14/h6-9,11,14H,4-5,10H2,1-3H3,(H,18,19)/t14-,16-/m1/s1. The number of rotatable bonds is 4. The molecule has 0 radical (unpaired) electrons. The molecular formula is C16H22BrNO2. The molecule has 2 rings (SSSR count). The van der Waals surface area contributed by atoms with E-state index >= 15 is 0 Å². The molecule has 0 aromatic heterocycles. The fraction of sp³-hybridized carbons (Fsp3) is 0.562. The Morgan fingerprint density at radius 3 is 2.55 bits per heavy atom. The second kappa shape index (κ2) is 6.27. The van der Waals surface area contributed by atoms with E-state index in [1.807, 2.05) is 12.1 Å². The minimum atomic E-state index is -0.385. The molecule has 20 heavy (non-hydrogen) atoms. The van der Waals surface area contributed by atoms with Crippen molar-refractivity contribution in [2.24, 2.45) is 5.92 Å². The van der Waals surface area contributed by atoms with Crippen molar-refractivity contribution in [3.63, 3.8) is 0 Å². The van der Waals surface area contributed by atoms with Crippen LogP contribution in [0.2, 0.25) is 0 Å². The van der Waals surface area contributed by atoms with Crippen molar-refractivity contribution < 1.29 is 9.53 Å². The van der Waals surface area contributed by atoms with Crippen LogP contribution in [0, 0.1) is 5.92 Å². The lowest BCUT2D eigenvalue weighted by molar-refractivity contribution is -0.132. The first kappa shape index (κ1) is 15.5. The number of halogens is 1. The summed E-state index contributed by atoms with van der Waals surface area (Å²) in [5, 5.41) is 3.19. The van der Waals surface area contributed by atoms with E-state index in [2.05, 4.69) is 54.2 Å². The second-order valence-electron chi connectivity index (χ2n) is 5.85. The molecule has 0 spiro atoms. The van der Waals surface area contributed by atoms with Crippen LogP contribution < -0.4 is 5.32 Å². The van der Waals surface area contributed by atoms with Crippen LogP contribution in [-0.4, -0.2) is 18.6 Å². The van der Waals surface area contributed by atoms with Gasteiger partial charge in [0.25, 0.3) is 0 Å². The van der Waals surface area contributed by atoms with E-state index in [4.69, 9.17) is 4.74 Å². The summed E-state index contributed by atoms with van der Waals surface area (Å²) in [5.41, 5.74) is 0.728. The maximum absolute atomic E-state index is 12.4. The van der Waals surface area contributed by atoms with E-state index in [0.717, 1.165) is 22.9 Å². The highest BCUT2D eigenvalue weighted by atomic mass is 79.9. The monoisotopic (exact) mass is 339 g/mol. The van der Waals surface area contributed by atoms with Gasteiger partial charge in [0.05, 0.1) is 5.54 Å². The number of hydrogen-bond acceptors (Lipinski definition) is 2. The van der Waals surface area contributed by atoms with Crippen LogP contribution in [0.5, 0.6) is 0 Å². The highest BCUT2D eigenvalue weighted by Crippen LogP contribution is 2.30. The van der Waals surface area contributed by atoms with Gasteiger partial charge in [-0.15, -0.1) is 0 Å². The Balaban J connectivity index is 2.20. The number of amides is 1. The van der Waals surface area contributed by atoms with Crippen molar-refractivity contribution in [1.29, 1.82) is 0 Å². The summed E-state index contributed by atoms with van der Waals surface area (Å²) in [5.74, 6) is 0.288. The number of benzene rings is 1. The summed E-state index contributed by atoms with van der Waals surface area (Å²) in [6.45, 7) is 7.01. The highest BCUT2D eigenvalue weighted by Gasteiger charge is 2.35. The summed E-state index contributed by atoms with van der Waals surface area (Å²) in [6, 6.07) is 8.13. The van der Waals surface area contributed by atoms with Crippen LogP contribution >= 0.6 is 15.9 Å². The van der Waals surface area contributed by atoms with Crippen LogP contribution in [0.15, 0.2) is 28.7 Å². The Hall–Kier alpha value is -0.870. The number of nitrogens with one attached hydrogen (secondary N) is 1. The molecule has 1 aromatic carbocycles. The van der Waals surface area contributed by atoms with Gasteiger partial charge in [0, 0.05) is 11.1 Å². The van der Waals surface area contributed by atoms with Gasteiger partial charge in [0.1, 0.15) is 6.10 Å². The van der Waals surface area contributed by atoms with E-state index in [1.54, 1.807) is 0 Å². The van der Waals surface area contributed by atoms with Crippen LogP contribution in [0.25, 0.3) is 0 Å². The van der Waals surface area contributed by atoms with E-state index in [-0.39, 0.29) is 23.5 Å². The topological polar surface area (TPSA) is 38.3 Å². The lowest BCUT2D eigenvalue weighted by Gasteiger charge is -2.36. The molecule has 1 N–H and O–H groups in total. The molecule has 0 unspecified atom stereocenters. The zero-order valence-electron chi connectivity index (χ0n) is 12.3. The van der Waals surface area contributed by atoms with Gasteiger partial charge in [-0.3, -0.25) is 4.79 Å². The zero-order chi connectivity index (χ0) is 14.8. The summed E-state index contributed by atoms with van der Waals surface area (Å²) < 4.78 is 6.52. The van der Waals surface area contributed by atoms with E-state index < -0.39 is 0 Å². The van der Waals surface area contributed by atoms with Crippen LogP contribution in [0.3, 0.4) is 0 Å². The molecule has 1 aliphatic rings. The SMILES string of the molecule is CC(C)[C@@](C)(NC(=O)[C@H]1CCCO1)c1ccc(Br)cc1.